The predicted octanol–water partition coefficient (Wildman–Crippen LogP) is 4.47. The van der Waals surface area contributed by atoms with E-state index in [1.54, 1.807) is 6.20 Å². The van der Waals surface area contributed by atoms with Crippen molar-refractivity contribution in [1.82, 2.24) is 4.98 Å². The number of aromatic amines is 1. The van der Waals surface area contributed by atoms with Crippen LogP contribution in [0.1, 0.15) is 21.5 Å². The largest absolute Gasteiger partial charge is 0.360 e. The molecule has 0 amide bonds. The van der Waals surface area contributed by atoms with Crippen molar-refractivity contribution in [2.75, 3.05) is 0 Å². The highest BCUT2D eigenvalue weighted by Gasteiger charge is 2.15. The van der Waals surface area contributed by atoms with Crippen LogP contribution in [0.5, 0.6) is 0 Å². The maximum absolute atomic E-state index is 12.6. The quantitative estimate of drug-likeness (QED) is 0.696. The Hall–Kier alpha value is -1.87. The van der Waals surface area contributed by atoms with Gasteiger partial charge >= 0.3 is 0 Å². The minimum absolute atomic E-state index is 0.0434. The SMILES string of the molecule is Cc1cccc(C(=O)c2c[nH]c3cccc(Br)c23)c1. The van der Waals surface area contributed by atoms with E-state index < -0.39 is 0 Å². The smallest absolute Gasteiger partial charge is 0.195 e. The van der Waals surface area contributed by atoms with Gasteiger partial charge in [-0.05, 0) is 25.1 Å². The number of hydrogen-bond donors (Lipinski definition) is 1. The summed E-state index contributed by atoms with van der Waals surface area (Å²) in [4.78, 5) is 15.7. The first-order valence-corrected chi connectivity index (χ1v) is 6.83. The van der Waals surface area contributed by atoms with E-state index in [4.69, 9.17) is 0 Å². The summed E-state index contributed by atoms with van der Waals surface area (Å²) < 4.78 is 0.933. The van der Waals surface area contributed by atoms with Crippen LogP contribution in [0, 0.1) is 6.92 Å². The molecule has 3 rings (SSSR count). The molecule has 3 heteroatoms. The average Bonchev–Trinajstić information content (AvgIpc) is 2.83. The predicted molar refractivity (Wildman–Crippen MR) is 80.6 cm³/mol. The van der Waals surface area contributed by atoms with Crippen LogP contribution in [0.4, 0.5) is 0 Å². The number of rotatable bonds is 2. The lowest BCUT2D eigenvalue weighted by atomic mass is 10.0. The zero-order valence-electron chi connectivity index (χ0n) is 10.4. The summed E-state index contributed by atoms with van der Waals surface area (Å²) in [5.41, 5.74) is 3.47. The van der Waals surface area contributed by atoms with E-state index in [-0.39, 0.29) is 5.78 Å². The van der Waals surface area contributed by atoms with Gasteiger partial charge in [0, 0.05) is 32.7 Å². The van der Waals surface area contributed by atoms with E-state index in [9.17, 15) is 4.79 Å². The van der Waals surface area contributed by atoms with E-state index in [1.165, 1.54) is 0 Å². The van der Waals surface area contributed by atoms with Crippen molar-refractivity contribution in [1.29, 1.82) is 0 Å². The molecule has 0 radical (unpaired) electrons. The minimum atomic E-state index is 0.0434. The molecular formula is C16H12BrNO. The molecule has 3 aromatic rings. The van der Waals surface area contributed by atoms with Crippen LogP contribution in [0.25, 0.3) is 10.9 Å². The summed E-state index contributed by atoms with van der Waals surface area (Å²) in [5, 5.41) is 0.939. The molecule has 0 saturated heterocycles. The molecule has 19 heavy (non-hydrogen) atoms. The average molecular weight is 314 g/mol. The van der Waals surface area contributed by atoms with Crippen molar-refractivity contribution < 1.29 is 4.79 Å². The summed E-state index contributed by atoms with van der Waals surface area (Å²) in [5.74, 6) is 0.0434. The molecule has 2 nitrogen and oxygen atoms in total. The van der Waals surface area contributed by atoms with Gasteiger partial charge in [-0.3, -0.25) is 4.79 Å². The number of nitrogens with one attached hydrogen (secondary N) is 1. The molecule has 2 aromatic carbocycles. The Bertz CT molecular complexity index is 773. The lowest BCUT2D eigenvalue weighted by Gasteiger charge is -2.02. The monoisotopic (exact) mass is 313 g/mol. The fourth-order valence-electron chi connectivity index (χ4n) is 2.26. The fourth-order valence-corrected chi connectivity index (χ4v) is 2.84. The van der Waals surface area contributed by atoms with Crippen LogP contribution in [-0.4, -0.2) is 10.8 Å². The van der Waals surface area contributed by atoms with Crippen LogP contribution in [0.2, 0.25) is 0 Å². The van der Waals surface area contributed by atoms with Crippen LogP contribution < -0.4 is 0 Å². The van der Waals surface area contributed by atoms with Gasteiger partial charge in [-0.1, -0.05) is 45.8 Å². The number of carbonyl (C=O) groups is 1. The highest BCUT2D eigenvalue weighted by Crippen LogP contribution is 2.28. The molecule has 0 fully saturated rings. The molecular weight excluding hydrogens is 302 g/mol. The summed E-state index contributed by atoms with van der Waals surface area (Å²) in [6.45, 7) is 1.99. The Morgan fingerprint density at radius 1 is 1.16 bits per heavy atom. The number of aromatic nitrogens is 1. The molecule has 0 aliphatic rings. The normalized spacial score (nSPS) is 10.8. The number of carbonyl (C=O) groups excluding carboxylic acids is 1. The van der Waals surface area contributed by atoms with Gasteiger partial charge in [0.25, 0.3) is 0 Å². The molecule has 1 heterocycles. The van der Waals surface area contributed by atoms with E-state index in [1.807, 2.05) is 49.4 Å². The van der Waals surface area contributed by atoms with Gasteiger partial charge in [-0.25, -0.2) is 0 Å². The van der Waals surface area contributed by atoms with E-state index in [0.29, 0.717) is 5.56 Å². The molecule has 0 aliphatic heterocycles. The highest BCUT2D eigenvalue weighted by molar-refractivity contribution is 9.10. The lowest BCUT2D eigenvalue weighted by Crippen LogP contribution is -2.00. The van der Waals surface area contributed by atoms with Crippen molar-refractivity contribution in [2.24, 2.45) is 0 Å². The molecule has 0 bridgehead atoms. The van der Waals surface area contributed by atoms with E-state index in [0.717, 1.165) is 26.5 Å². The van der Waals surface area contributed by atoms with Crippen LogP contribution in [0.15, 0.2) is 53.1 Å². The number of benzene rings is 2. The number of hydrogen-bond acceptors (Lipinski definition) is 1. The van der Waals surface area contributed by atoms with Crippen molar-refractivity contribution in [2.45, 2.75) is 6.92 Å². The Morgan fingerprint density at radius 3 is 2.74 bits per heavy atom. The van der Waals surface area contributed by atoms with Gasteiger partial charge in [0.1, 0.15) is 0 Å². The van der Waals surface area contributed by atoms with Gasteiger partial charge in [-0.2, -0.15) is 0 Å². The minimum Gasteiger partial charge on any atom is -0.360 e. The van der Waals surface area contributed by atoms with Crippen LogP contribution in [0.3, 0.4) is 0 Å². The second-order valence-corrected chi connectivity index (χ2v) is 5.42. The summed E-state index contributed by atoms with van der Waals surface area (Å²) in [6.07, 6.45) is 1.78. The third kappa shape index (κ3) is 2.10. The van der Waals surface area contributed by atoms with Gasteiger partial charge < -0.3 is 4.98 Å². The highest BCUT2D eigenvalue weighted by atomic mass is 79.9. The number of aryl methyl sites for hydroxylation is 1. The molecule has 94 valence electrons. The van der Waals surface area contributed by atoms with Gasteiger partial charge in [0.2, 0.25) is 0 Å². The van der Waals surface area contributed by atoms with Crippen molar-refractivity contribution in [3.8, 4) is 0 Å². The Labute approximate surface area is 119 Å². The molecule has 1 aromatic heterocycles. The third-order valence-electron chi connectivity index (χ3n) is 3.18. The molecule has 0 aliphatic carbocycles. The maximum Gasteiger partial charge on any atom is 0.195 e. The Balaban J connectivity index is 2.17. The van der Waals surface area contributed by atoms with E-state index in [2.05, 4.69) is 20.9 Å². The van der Waals surface area contributed by atoms with Crippen LogP contribution in [-0.2, 0) is 0 Å². The first-order chi connectivity index (χ1) is 9.16. The van der Waals surface area contributed by atoms with Crippen LogP contribution >= 0.6 is 15.9 Å². The summed E-state index contributed by atoms with van der Waals surface area (Å²) >= 11 is 3.51. The maximum atomic E-state index is 12.6. The fraction of sp³-hybridized carbons (Fsp3) is 0.0625. The van der Waals surface area contributed by atoms with Crippen molar-refractivity contribution >= 4 is 32.6 Å². The lowest BCUT2D eigenvalue weighted by molar-refractivity contribution is 0.104. The van der Waals surface area contributed by atoms with Crippen molar-refractivity contribution in [3.63, 3.8) is 0 Å². The summed E-state index contributed by atoms with van der Waals surface area (Å²) in [7, 11) is 0. The zero-order chi connectivity index (χ0) is 13.4. The second-order valence-electron chi connectivity index (χ2n) is 4.56. The first kappa shape index (κ1) is 12.2. The first-order valence-electron chi connectivity index (χ1n) is 6.04. The Kier molecular flexibility index (Phi) is 2.99. The van der Waals surface area contributed by atoms with Gasteiger partial charge in [-0.15, -0.1) is 0 Å². The number of halogens is 1. The topological polar surface area (TPSA) is 32.9 Å². The second kappa shape index (κ2) is 4.67. The molecule has 0 saturated carbocycles. The molecule has 0 spiro atoms. The molecule has 1 N–H and O–H groups in total. The van der Waals surface area contributed by atoms with E-state index >= 15 is 0 Å². The van der Waals surface area contributed by atoms with Gasteiger partial charge in [0.15, 0.2) is 5.78 Å². The molecule has 0 unspecified atom stereocenters. The molecule has 0 atom stereocenters. The van der Waals surface area contributed by atoms with Gasteiger partial charge in [0.05, 0.1) is 0 Å². The zero-order valence-corrected chi connectivity index (χ0v) is 12.0. The number of H-pyrrole nitrogens is 1. The summed E-state index contributed by atoms with van der Waals surface area (Å²) in [6, 6.07) is 13.5. The Morgan fingerprint density at radius 2 is 1.95 bits per heavy atom. The van der Waals surface area contributed by atoms with Crippen molar-refractivity contribution in [3.05, 3.63) is 69.8 Å². The number of fused-ring (bicyclic) bond motifs is 1. The standard InChI is InChI=1S/C16H12BrNO/c1-10-4-2-5-11(8-10)16(19)12-9-18-14-7-3-6-13(17)15(12)14/h2-9,18H,1H3. The number of ketones is 1. The third-order valence-corrected chi connectivity index (χ3v) is 3.84.